The molecule has 1 fully saturated rings. The van der Waals surface area contributed by atoms with Gasteiger partial charge in [-0.25, -0.2) is 9.97 Å². The Kier molecular flexibility index (Phi) is 7.24. The molecule has 2 N–H and O–H groups in total. The first-order valence-electron chi connectivity index (χ1n) is 11.7. The number of aromatic nitrogens is 4. The number of rotatable bonds is 8. The zero-order valence-electron chi connectivity index (χ0n) is 20.0. The second kappa shape index (κ2) is 10.5. The summed E-state index contributed by atoms with van der Waals surface area (Å²) in [6, 6.07) is 12.6. The molecule has 0 spiro atoms. The molecule has 1 aliphatic heterocycles. The number of likely N-dealkylation sites (N-methyl/N-ethyl adjacent to an activating group) is 1. The van der Waals surface area contributed by atoms with Gasteiger partial charge in [-0.3, -0.25) is 5.10 Å². The topological polar surface area (TPSA) is 76.2 Å². The molecule has 3 heterocycles. The van der Waals surface area contributed by atoms with Gasteiger partial charge in [0, 0.05) is 62.8 Å². The minimum atomic E-state index is 0.675. The zero-order valence-corrected chi connectivity index (χ0v) is 20.0. The Morgan fingerprint density at radius 3 is 2.33 bits per heavy atom. The van der Waals surface area contributed by atoms with Crippen molar-refractivity contribution in [3.05, 3.63) is 53.5 Å². The van der Waals surface area contributed by atoms with Crippen molar-refractivity contribution in [2.75, 3.05) is 61.4 Å². The second-order valence-electron chi connectivity index (χ2n) is 8.42. The number of nitrogens with one attached hydrogen (secondary N) is 2. The van der Waals surface area contributed by atoms with Crippen molar-refractivity contribution in [2.24, 2.45) is 0 Å². The fraction of sp³-hybridized carbons (Fsp3) is 0.400. The van der Waals surface area contributed by atoms with Crippen LogP contribution in [0.2, 0.25) is 0 Å². The Hall–Kier alpha value is -3.39. The van der Waals surface area contributed by atoms with E-state index in [9.17, 15) is 0 Å². The Balaban J connectivity index is 1.57. The number of aromatic amines is 1. The maximum absolute atomic E-state index is 4.85. The molecule has 0 unspecified atom stereocenters. The van der Waals surface area contributed by atoms with E-state index in [-0.39, 0.29) is 0 Å². The van der Waals surface area contributed by atoms with Crippen molar-refractivity contribution in [3.8, 4) is 0 Å². The molecule has 0 amide bonds. The van der Waals surface area contributed by atoms with Gasteiger partial charge in [0.05, 0.1) is 0 Å². The standard InChI is InChI=1S/C25H34N8/c1-5-32(6-2)21-10-7-20(8-11-21)9-12-22-26-23(27-24-17-19(3)29-30-24)18-25(28-22)33-15-13-31(4)14-16-33/h7-12,17-18H,5-6,13-16H2,1-4H3,(H2,26,27,28,29,30). The number of hydrogen-bond donors (Lipinski definition) is 2. The average molecular weight is 447 g/mol. The lowest BCUT2D eigenvalue weighted by atomic mass is 10.2. The quantitative estimate of drug-likeness (QED) is 0.541. The lowest BCUT2D eigenvalue weighted by Crippen LogP contribution is -2.44. The van der Waals surface area contributed by atoms with Crippen LogP contribution in [0.25, 0.3) is 12.2 Å². The molecule has 1 aromatic carbocycles. The van der Waals surface area contributed by atoms with Crippen LogP contribution in [0.15, 0.2) is 36.4 Å². The van der Waals surface area contributed by atoms with E-state index < -0.39 is 0 Å². The molecule has 0 aliphatic carbocycles. The number of aryl methyl sites for hydroxylation is 1. The van der Waals surface area contributed by atoms with Gasteiger partial charge in [0.15, 0.2) is 11.6 Å². The summed E-state index contributed by atoms with van der Waals surface area (Å²) >= 11 is 0. The van der Waals surface area contributed by atoms with Crippen LogP contribution in [0.3, 0.4) is 0 Å². The minimum Gasteiger partial charge on any atom is -0.372 e. The molecule has 8 nitrogen and oxygen atoms in total. The summed E-state index contributed by atoms with van der Waals surface area (Å²) in [5, 5.41) is 10.6. The van der Waals surface area contributed by atoms with Crippen molar-refractivity contribution >= 4 is 35.3 Å². The zero-order chi connectivity index (χ0) is 23.2. The highest BCUT2D eigenvalue weighted by Gasteiger charge is 2.17. The molecular formula is C25H34N8. The number of nitrogens with zero attached hydrogens (tertiary/aromatic N) is 6. The molecule has 0 bridgehead atoms. The summed E-state index contributed by atoms with van der Waals surface area (Å²) in [4.78, 5) is 16.6. The highest BCUT2D eigenvalue weighted by molar-refractivity contribution is 5.70. The van der Waals surface area contributed by atoms with E-state index in [2.05, 4.69) is 81.5 Å². The second-order valence-corrected chi connectivity index (χ2v) is 8.42. The van der Waals surface area contributed by atoms with Gasteiger partial charge >= 0.3 is 0 Å². The third kappa shape index (κ3) is 5.90. The van der Waals surface area contributed by atoms with E-state index in [1.807, 2.05) is 25.1 Å². The third-order valence-corrected chi connectivity index (χ3v) is 5.97. The van der Waals surface area contributed by atoms with Crippen LogP contribution in [0.4, 0.5) is 23.1 Å². The largest absolute Gasteiger partial charge is 0.372 e. The molecule has 0 atom stereocenters. The first-order chi connectivity index (χ1) is 16.0. The van der Waals surface area contributed by atoms with Crippen molar-refractivity contribution in [1.29, 1.82) is 0 Å². The number of hydrogen-bond acceptors (Lipinski definition) is 7. The third-order valence-electron chi connectivity index (χ3n) is 5.97. The molecule has 3 aromatic rings. The molecule has 0 saturated carbocycles. The van der Waals surface area contributed by atoms with Crippen LogP contribution < -0.4 is 15.1 Å². The lowest BCUT2D eigenvalue weighted by molar-refractivity contribution is 0.312. The molecule has 1 saturated heterocycles. The Bertz CT molecular complexity index is 1060. The SMILES string of the molecule is CCN(CC)c1ccc(C=Cc2nc(Nc3cc(C)[nH]n3)cc(N3CCN(C)CC3)n2)cc1. The predicted molar refractivity (Wildman–Crippen MR) is 137 cm³/mol. The first-order valence-corrected chi connectivity index (χ1v) is 11.7. The number of H-pyrrole nitrogens is 1. The van der Waals surface area contributed by atoms with Crippen molar-refractivity contribution in [1.82, 2.24) is 25.1 Å². The number of piperazine rings is 1. The van der Waals surface area contributed by atoms with E-state index in [4.69, 9.17) is 9.97 Å². The van der Waals surface area contributed by atoms with Gasteiger partial charge < -0.3 is 20.0 Å². The summed E-state index contributed by atoms with van der Waals surface area (Å²) in [5.74, 6) is 3.10. The van der Waals surface area contributed by atoms with E-state index in [1.54, 1.807) is 0 Å². The van der Waals surface area contributed by atoms with Gasteiger partial charge in [0.1, 0.15) is 11.6 Å². The van der Waals surface area contributed by atoms with Crippen LogP contribution in [0.5, 0.6) is 0 Å². The van der Waals surface area contributed by atoms with Gasteiger partial charge in [0.25, 0.3) is 0 Å². The van der Waals surface area contributed by atoms with Gasteiger partial charge in [-0.05, 0) is 51.6 Å². The fourth-order valence-corrected chi connectivity index (χ4v) is 3.96. The number of benzene rings is 1. The Morgan fingerprint density at radius 2 is 1.70 bits per heavy atom. The number of anilines is 4. The van der Waals surface area contributed by atoms with Gasteiger partial charge in [-0.15, -0.1) is 0 Å². The molecule has 2 aromatic heterocycles. The Labute approximate surface area is 196 Å². The van der Waals surface area contributed by atoms with E-state index in [0.717, 1.165) is 68.0 Å². The summed E-state index contributed by atoms with van der Waals surface area (Å²) in [5.41, 5.74) is 3.36. The normalized spacial score (nSPS) is 14.7. The van der Waals surface area contributed by atoms with Crippen molar-refractivity contribution in [2.45, 2.75) is 20.8 Å². The summed E-state index contributed by atoms with van der Waals surface area (Å²) in [6.45, 7) is 12.3. The van der Waals surface area contributed by atoms with Crippen LogP contribution >= 0.6 is 0 Å². The highest BCUT2D eigenvalue weighted by atomic mass is 15.3. The molecular weight excluding hydrogens is 412 g/mol. The van der Waals surface area contributed by atoms with Gasteiger partial charge in [0.2, 0.25) is 0 Å². The predicted octanol–water partition coefficient (Wildman–Crippen LogP) is 4.02. The highest BCUT2D eigenvalue weighted by Crippen LogP contribution is 2.22. The van der Waals surface area contributed by atoms with Crippen molar-refractivity contribution in [3.63, 3.8) is 0 Å². The lowest BCUT2D eigenvalue weighted by Gasteiger charge is -2.33. The minimum absolute atomic E-state index is 0.675. The summed E-state index contributed by atoms with van der Waals surface area (Å²) < 4.78 is 0. The average Bonchev–Trinajstić information content (AvgIpc) is 3.24. The monoisotopic (exact) mass is 446 g/mol. The molecule has 33 heavy (non-hydrogen) atoms. The van der Waals surface area contributed by atoms with Crippen LogP contribution in [-0.2, 0) is 0 Å². The summed E-state index contributed by atoms with van der Waals surface area (Å²) in [7, 11) is 2.16. The molecule has 4 rings (SSSR count). The fourth-order valence-electron chi connectivity index (χ4n) is 3.96. The van der Waals surface area contributed by atoms with Crippen LogP contribution in [0, 0.1) is 6.92 Å². The molecule has 0 radical (unpaired) electrons. The maximum atomic E-state index is 4.85. The van der Waals surface area contributed by atoms with Crippen LogP contribution in [-0.4, -0.2) is 71.4 Å². The summed E-state index contributed by atoms with van der Waals surface area (Å²) in [6.07, 6.45) is 4.05. The Morgan fingerprint density at radius 1 is 0.970 bits per heavy atom. The smallest absolute Gasteiger partial charge is 0.156 e. The van der Waals surface area contributed by atoms with Crippen molar-refractivity contribution < 1.29 is 0 Å². The first kappa shape index (κ1) is 22.8. The maximum Gasteiger partial charge on any atom is 0.156 e. The van der Waals surface area contributed by atoms with Crippen LogP contribution in [0.1, 0.15) is 30.9 Å². The molecule has 8 heteroatoms. The van der Waals surface area contributed by atoms with E-state index in [1.165, 1.54) is 5.69 Å². The van der Waals surface area contributed by atoms with E-state index in [0.29, 0.717) is 5.82 Å². The molecule has 174 valence electrons. The van der Waals surface area contributed by atoms with Gasteiger partial charge in [-0.1, -0.05) is 18.2 Å². The van der Waals surface area contributed by atoms with E-state index >= 15 is 0 Å². The van der Waals surface area contributed by atoms with Gasteiger partial charge in [-0.2, -0.15) is 5.10 Å². The molecule has 1 aliphatic rings.